The maximum Gasteiger partial charge on any atom is 0.306 e. The fourth-order valence-electron chi connectivity index (χ4n) is 9.55. The number of hydrogen-bond acceptors (Lipinski definition) is 6. The third-order valence-electron chi connectivity index (χ3n) is 14.6. The van der Waals surface area contributed by atoms with Crippen LogP contribution in [0, 0.1) is 0 Å². The molecule has 1 unspecified atom stereocenters. The van der Waals surface area contributed by atoms with Crippen molar-refractivity contribution in [3.8, 4) is 0 Å². The van der Waals surface area contributed by atoms with E-state index >= 15 is 0 Å². The Bertz CT molecular complexity index is 1540. The van der Waals surface area contributed by atoms with E-state index in [1.807, 2.05) is 0 Å². The van der Waals surface area contributed by atoms with Crippen LogP contribution in [0.2, 0.25) is 0 Å². The molecule has 1 atom stereocenters. The van der Waals surface area contributed by atoms with Gasteiger partial charge in [0.2, 0.25) is 0 Å². The fourth-order valence-corrected chi connectivity index (χ4v) is 9.55. The van der Waals surface area contributed by atoms with Crippen molar-refractivity contribution in [2.75, 3.05) is 13.2 Å². The van der Waals surface area contributed by atoms with Gasteiger partial charge >= 0.3 is 17.9 Å². The summed E-state index contributed by atoms with van der Waals surface area (Å²) in [5, 5.41) is 0. The molecule has 0 aliphatic heterocycles. The van der Waals surface area contributed by atoms with Gasteiger partial charge in [0.05, 0.1) is 0 Å². The van der Waals surface area contributed by atoms with Crippen molar-refractivity contribution >= 4 is 17.9 Å². The molecule has 6 nitrogen and oxygen atoms in total. The van der Waals surface area contributed by atoms with E-state index in [4.69, 9.17) is 14.2 Å². The molecule has 0 aromatic carbocycles. The van der Waals surface area contributed by atoms with Gasteiger partial charge in [0, 0.05) is 19.3 Å². The van der Waals surface area contributed by atoms with Gasteiger partial charge in [-0.25, -0.2) is 0 Å². The molecular weight excluding hydrogens is 973 g/mol. The lowest BCUT2D eigenvalue weighted by Crippen LogP contribution is -2.30. The first kappa shape index (κ1) is 75.3. The van der Waals surface area contributed by atoms with Gasteiger partial charge in [0.15, 0.2) is 6.10 Å². The van der Waals surface area contributed by atoms with E-state index in [9.17, 15) is 14.4 Å². The number of carbonyl (C=O) groups is 3. The normalized spacial score (nSPS) is 12.7. The Labute approximate surface area is 489 Å². The maximum atomic E-state index is 12.9. The zero-order valence-corrected chi connectivity index (χ0v) is 52.1. The second-order valence-electron chi connectivity index (χ2n) is 22.4. The van der Waals surface area contributed by atoms with Crippen LogP contribution in [0.3, 0.4) is 0 Å². The number of hydrogen-bond donors (Lipinski definition) is 0. The van der Waals surface area contributed by atoms with Gasteiger partial charge < -0.3 is 14.2 Å². The molecular formula is C73H126O6. The van der Waals surface area contributed by atoms with Gasteiger partial charge in [-0.2, -0.15) is 0 Å². The van der Waals surface area contributed by atoms with Crippen LogP contribution in [0.5, 0.6) is 0 Å². The molecule has 79 heavy (non-hydrogen) atoms. The fraction of sp³-hybridized carbons (Fsp3) is 0.740. The van der Waals surface area contributed by atoms with Gasteiger partial charge in [-0.1, -0.05) is 311 Å². The number of allylic oxidation sites excluding steroid dienone is 16. The highest BCUT2D eigenvalue weighted by molar-refractivity contribution is 5.71. The van der Waals surface area contributed by atoms with Crippen molar-refractivity contribution in [2.24, 2.45) is 0 Å². The molecule has 0 heterocycles. The van der Waals surface area contributed by atoms with Gasteiger partial charge in [-0.3, -0.25) is 14.4 Å². The first-order valence-corrected chi connectivity index (χ1v) is 33.7. The van der Waals surface area contributed by atoms with Crippen molar-refractivity contribution in [1.29, 1.82) is 0 Å². The summed E-state index contributed by atoms with van der Waals surface area (Å²) in [6.07, 6.45) is 89.9. The highest BCUT2D eigenvalue weighted by Crippen LogP contribution is 2.17. The van der Waals surface area contributed by atoms with Crippen LogP contribution in [0.1, 0.15) is 329 Å². The summed E-state index contributed by atoms with van der Waals surface area (Å²) < 4.78 is 16.9. The van der Waals surface area contributed by atoms with Crippen LogP contribution in [0.4, 0.5) is 0 Å². The van der Waals surface area contributed by atoms with E-state index < -0.39 is 6.10 Å². The summed E-state index contributed by atoms with van der Waals surface area (Å²) in [5.74, 6) is -0.943. The minimum Gasteiger partial charge on any atom is -0.462 e. The Hall–Kier alpha value is -3.67. The lowest BCUT2D eigenvalue weighted by atomic mass is 10.0. The predicted molar refractivity (Wildman–Crippen MR) is 344 cm³/mol. The summed E-state index contributed by atoms with van der Waals surface area (Å²) in [6, 6.07) is 0. The third kappa shape index (κ3) is 65.0. The van der Waals surface area contributed by atoms with Crippen molar-refractivity contribution in [3.63, 3.8) is 0 Å². The Morgan fingerprint density at radius 1 is 0.266 bits per heavy atom. The van der Waals surface area contributed by atoms with Gasteiger partial charge in [-0.05, 0) is 96.3 Å². The van der Waals surface area contributed by atoms with Gasteiger partial charge in [-0.15, -0.1) is 0 Å². The molecule has 0 radical (unpaired) electrons. The molecule has 0 bridgehead atoms. The quantitative estimate of drug-likeness (QED) is 0.0261. The standard InChI is InChI=1S/C73H126O6/c1-4-7-10-13-16-19-22-25-28-31-33-35-36-38-39-42-45-48-51-54-57-60-63-66-72(75)78-69-70(68-77-71(74)65-62-59-56-53-50-47-44-41-30-27-24-21-18-15-12-9-6-3)79-73(76)67-64-61-58-55-52-49-46-43-40-37-34-32-29-26-23-20-17-14-11-8-5-2/h7,10,16,19,25,28,32-35,38-39,45,48,54,57,70H,4-6,8-9,11-15,17-18,20-24,26-27,29-31,36-37,40-44,46-47,49-53,55-56,58-69H2,1-3H3/b10-7-,19-16-,28-25-,34-32-,35-33-,39-38-,48-45-,57-54-. The molecule has 0 aliphatic rings. The van der Waals surface area contributed by atoms with Crippen LogP contribution in [-0.2, 0) is 28.6 Å². The molecule has 0 aromatic rings. The van der Waals surface area contributed by atoms with E-state index in [2.05, 4.69) is 118 Å². The lowest BCUT2D eigenvalue weighted by Gasteiger charge is -2.18. The number of unbranched alkanes of at least 4 members (excludes halogenated alkanes) is 34. The smallest absolute Gasteiger partial charge is 0.306 e. The van der Waals surface area contributed by atoms with Crippen LogP contribution < -0.4 is 0 Å². The van der Waals surface area contributed by atoms with E-state index in [-0.39, 0.29) is 37.5 Å². The minimum atomic E-state index is -0.803. The highest BCUT2D eigenvalue weighted by Gasteiger charge is 2.19. The van der Waals surface area contributed by atoms with Crippen LogP contribution in [0.25, 0.3) is 0 Å². The second kappa shape index (κ2) is 66.8. The summed E-state index contributed by atoms with van der Waals surface area (Å²) in [6.45, 7) is 6.52. The molecule has 0 rings (SSSR count). The largest absolute Gasteiger partial charge is 0.462 e. The molecule has 0 amide bonds. The highest BCUT2D eigenvalue weighted by atomic mass is 16.6. The molecule has 6 heteroatoms. The van der Waals surface area contributed by atoms with Crippen molar-refractivity contribution in [1.82, 2.24) is 0 Å². The topological polar surface area (TPSA) is 78.9 Å². The van der Waals surface area contributed by atoms with Gasteiger partial charge in [0.25, 0.3) is 0 Å². The van der Waals surface area contributed by atoms with Crippen LogP contribution in [0.15, 0.2) is 97.2 Å². The average molecular weight is 1100 g/mol. The molecule has 0 fully saturated rings. The summed E-state index contributed by atoms with van der Waals surface area (Å²) >= 11 is 0. The Morgan fingerprint density at radius 3 is 0.835 bits per heavy atom. The summed E-state index contributed by atoms with van der Waals surface area (Å²) in [4.78, 5) is 38.4. The Balaban J connectivity index is 4.46. The van der Waals surface area contributed by atoms with E-state index in [0.29, 0.717) is 19.3 Å². The number of esters is 3. The average Bonchev–Trinajstić information content (AvgIpc) is 3.45. The number of ether oxygens (including phenoxy) is 3. The maximum absolute atomic E-state index is 12.9. The number of carbonyl (C=O) groups excluding carboxylic acids is 3. The third-order valence-corrected chi connectivity index (χ3v) is 14.6. The van der Waals surface area contributed by atoms with Crippen molar-refractivity contribution in [2.45, 2.75) is 335 Å². The van der Waals surface area contributed by atoms with E-state index in [1.54, 1.807) is 0 Å². The first-order valence-electron chi connectivity index (χ1n) is 33.7. The molecule has 454 valence electrons. The number of rotatable bonds is 61. The molecule has 0 spiro atoms. The zero-order valence-electron chi connectivity index (χ0n) is 52.1. The second-order valence-corrected chi connectivity index (χ2v) is 22.4. The SMILES string of the molecule is CC/C=C\C/C=C\C/C=C\C/C=C\C/C=C\C/C=C\C/C=C\CCCC(=O)OCC(COC(=O)CCCCCCCCCCCCCCCCCCC)OC(=O)CCCCCCCCCCC/C=C\CCCCCCCCCC. The summed E-state index contributed by atoms with van der Waals surface area (Å²) in [7, 11) is 0. The van der Waals surface area contributed by atoms with E-state index in [0.717, 1.165) is 89.9 Å². The minimum absolute atomic E-state index is 0.0935. The van der Waals surface area contributed by atoms with E-state index in [1.165, 1.54) is 193 Å². The van der Waals surface area contributed by atoms with Crippen LogP contribution in [-0.4, -0.2) is 37.2 Å². The zero-order chi connectivity index (χ0) is 57.1. The lowest BCUT2D eigenvalue weighted by molar-refractivity contribution is -0.167. The van der Waals surface area contributed by atoms with Crippen molar-refractivity contribution in [3.05, 3.63) is 97.2 Å². The molecule has 0 aliphatic carbocycles. The Morgan fingerprint density at radius 2 is 0.506 bits per heavy atom. The van der Waals surface area contributed by atoms with Crippen LogP contribution >= 0.6 is 0 Å². The molecule has 0 saturated carbocycles. The predicted octanol–water partition coefficient (Wildman–Crippen LogP) is 23.2. The molecule has 0 aromatic heterocycles. The van der Waals surface area contributed by atoms with Crippen molar-refractivity contribution < 1.29 is 28.6 Å². The summed E-state index contributed by atoms with van der Waals surface area (Å²) in [5.41, 5.74) is 0. The monoisotopic (exact) mass is 1100 g/mol. The first-order chi connectivity index (χ1) is 39.0. The Kier molecular flexibility index (Phi) is 63.7. The molecule has 0 saturated heterocycles. The van der Waals surface area contributed by atoms with Gasteiger partial charge in [0.1, 0.15) is 13.2 Å². The molecule has 0 N–H and O–H groups in total.